The van der Waals surface area contributed by atoms with Crippen LogP contribution in [0, 0.1) is 0 Å². The van der Waals surface area contributed by atoms with Crippen LogP contribution in [0.15, 0.2) is 51.7 Å². The summed E-state index contributed by atoms with van der Waals surface area (Å²) in [5.74, 6) is 1.15. The second-order valence-electron chi connectivity index (χ2n) is 9.72. The first kappa shape index (κ1) is 26.3. The number of benzene rings is 2. The number of para-hydroxylation sites is 1. The molecule has 38 heavy (non-hydrogen) atoms. The van der Waals surface area contributed by atoms with Crippen molar-refractivity contribution in [3.05, 3.63) is 69.6 Å². The molecule has 202 valence electrons. The van der Waals surface area contributed by atoms with Gasteiger partial charge in [0.05, 0.1) is 43.4 Å². The van der Waals surface area contributed by atoms with Gasteiger partial charge in [-0.05, 0) is 49.6 Å². The number of hydrogen-bond acceptors (Lipinski definition) is 7. The molecule has 1 saturated heterocycles. The van der Waals surface area contributed by atoms with Crippen molar-refractivity contribution in [1.29, 1.82) is 0 Å². The van der Waals surface area contributed by atoms with Crippen LogP contribution in [0.1, 0.15) is 60.8 Å². The van der Waals surface area contributed by atoms with Crippen LogP contribution < -0.4 is 14.9 Å². The van der Waals surface area contributed by atoms with E-state index < -0.39 is 6.04 Å². The molecule has 8 heteroatoms. The highest BCUT2D eigenvalue weighted by Crippen LogP contribution is 2.41. The predicted molar refractivity (Wildman–Crippen MR) is 145 cm³/mol. The Bertz CT molecular complexity index is 1330. The molecule has 5 rings (SSSR count). The highest BCUT2D eigenvalue weighted by atomic mass is 16.5. The quantitative estimate of drug-likeness (QED) is 0.341. The van der Waals surface area contributed by atoms with E-state index in [4.69, 9.17) is 18.6 Å². The third kappa shape index (κ3) is 5.28. The van der Waals surface area contributed by atoms with E-state index in [1.165, 1.54) is 0 Å². The Balaban J connectivity index is 1.52. The summed E-state index contributed by atoms with van der Waals surface area (Å²) >= 11 is 0. The number of carbonyl (C=O) groups is 1. The van der Waals surface area contributed by atoms with Crippen LogP contribution in [0.5, 0.6) is 11.5 Å². The normalized spacial score (nSPS) is 17.7. The smallest absolute Gasteiger partial charge is 0.290 e. The van der Waals surface area contributed by atoms with Crippen LogP contribution >= 0.6 is 0 Å². The van der Waals surface area contributed by atoms with Gasteiger partial charge < -0.3 is 23.5 Å². The highest BCUT2D eigenvalue weighted by Gasteiger charge is 2.42. The number of nitrogens with zero attached hydrogens (tertiary/aromatic N) is 2. The van der Waals surface area contributed by atoms with Gasteiger partial charge in [0.1, 0.15) is 5.58 Å². The molecule has 0 N–H and O–H groups in total. The first-order valence-corrected chi connectivity index (χ1v) is 13.7. The molecule has 1 amide bonds. The number of amides is 1. The summed E-state index contributed by atoms with van der Waals surface area (Å²) in [6, 6.07) is 12.3. The van der Waals surface area contributed by atoms with Gasteiger partial charge >= 0.3 is 0 Å². The van der Waals surface area contributed by atoms with Gasteiger partial charge in [0.2, 0.25) is 5.76 Å². The predicted octanol–water partition coefficient (Wildman–Crippen LogP) is 4.64. The molecule has 1 unspecified atom stereocenters. The average Bonchev–Trinajstić information content (AvgIpc) is 3.22. The number of hydrogen-bond donors (Lipinski definition) is 0. The summed E-state index contributed by atoms with van der Waals surface area (Å²) in [5, 5.41) is 0.476. The van der Waals surface area contributed by atoms with Gasteiger partial charge in [-0.15, -0.1) is 0 Å². The molecule has 2 aliphatic rings. The zero-order chi connectivity index (χ0) is 26.5. The van der Waals surface area contributed by atoms with Gasteiger partial charge in [-0.1, -0.05) is 31.5 Å². The van der Waals surface area contributed by atoms with E-state index in [0.29, 0.717) is 47.8 Å². The summed E-state index contributed by atoms with van der Waals surface area (Å²) in [4.78, 5) is 31.6. The fourth-order valence-electron chi connectivity index (χ4n) is 5.24. The Labute approximate surface area is 223 Å². The third-order valence-corrected chi connectivity index (χ3v) is 7.19. The Hall–Kier alpha value is -3.36. The van der Waals surface area contributed by atoms with Crippen LogP contribution in [0.25, 0.3) is 11.0 Å². The molecule has 0 spiro atoms. The monoisotopic (exact) mass is 520 g/mol. The van der Waals surface area contributed by atoms with Crippen LogP contribution in [0.2, 0.25) is 0 Å². The molecule has 0 bridgehead atoms. The van der Waals surface area contributed by atoms with Crippen molar-refractivity contribution in [2.75, 3.05) is 52.6 Å². The van der Waals surface area contributed by atoms with E-state index in [-0.39, 0.29) is 17.1 Å². The molecule has 0 radical (unpaired) electrons. The summed E-state index contributed by atoms with van der Waals surface area (Å²) < 4.78 is 23.4. The molecule has 2 aliphatic heterocycles. The number of carbonyl (C=O) groups excluding carboxylic acids is 1. The highest BCUT2D eigenvalue weighted by molar-refractivity contribution is 5.99. The van der Waals surface area contributed by atoms with Crippen molar-refractivity contribution in [3.8, 4) is 11.5 Å². The molecule has 1 aromatic heterocycles. The van der Waals surface area contributed by atoms with Crippen LogP contribution in [0.4, 0.5) is 0 Å². The number of ether oxygens (including phenoxy) is 3. The first-order valence-electron chi connectivity index (χ1n) is 13.7. The largest absolute Gasteiger partial charge is 0.490 e. The minimum Gasteiger partial charge on any atom is -0.490 e. The fraction of sp³-hybridized carbons (Fsp3) is 0.467. The zero-order valence-electron chi connectivity index (χ0n) is 22.2. The standard InChI is InChI=1S/C30H36N2O6/c1-3-5-17-37-24-12-11-21(20-25(24)36-4-2)27-26-28(33)22-9-6-7-10-23(22)38-29(26)30(34)32(27)14-8-13-31-15-18-35-19-16-31/h6-7,9-12,20,27H,3-5,8,13-19H2,1-2H3. The minimum atomic E-state index is -0.563. The van der Waals surface area contributed by atoms with Gasteiger partial charge in [0.25, 0.3) is 5.91 Å². The molecule has 1 atom stereocenters. The molecule has 8 nitrogen and oxygen atoms in total. The Morgan fingerprint density at radius 3 is 2.55 bits per heavy atom. The molecule has 0 saturated carbocycles. The van der Waals surface area contributed by atoms with Crippen molar-refractivity contribution >= 4 is 16.9 Å². The SMILES string of the molecule is CCCCOc1ccc(C2c3c(oc4ccccc4c3=O)C(=O)N2CCCN2CCOCC2)cc1OCC. The van der Waals surface area contributed by atoms with Crippen LogP contribution in [-0.2, 0) is 4.74 Å². The van der Waals surface area contributed by atoms with E-state index in [1.54, 1.807) is 23.1 Å². The van der Waals surface area contributed by atoms with Crippen LogP contribution in [-0.4, -0.2) is 68.3 Å². The lowest BCUT2D eigenvalue weighted by Crippen LogP contribution is -2.38. The molecular formula is C30H36N2O6. The molecule has 2 aromatic carbocycles. The number of fused-ring (bicyclic) bond motifs is 2. The second-order valence-corrected chi connectivity index (χ2v) is 9.72. The summed E-state index contributed by atoms with van der Waals surface area (Å²) in [6.45, 7) is 9.72. The topological polar surface area (TPSA) is 81.5 Å². The number of morpholine rings is 1. The molecule has 1 fully saturated rings. The maximum absolute atomic E-state index is 13.8. The fourth-order valence-corrected chi connectivity index (χ4v) is 5.24. The summed E-state index contributed by atoms with van der Waals surface area (Å²) in [7, 11) is 0. The van der Waals surface area contributed by atoms with Crippen molar-refractivity contribution in [2.24, 2.45) is 0 Å². The van der Waals surface area contributed by atoms with Gasteiger partial charge in [0.15, 0.2) is 16.9 Å². The first-order chi connectivity index (χ1) is 18.6. The Morgan fingerprint density at radius 1 is 0.947 bits per heavy atom. The maximum atomic E-state index is 13.8. The van der Waals surface area contributed by atoms with E-state index in [2.05, 4.69) is 11.8 Å². The maximum Gasteiger partial charge on any atom is 0.290 e. The minimum absolute atomic E-state index is 0.131. The van der Waals surface area contributed by atoms with E-state index in [9.17, 15) is 9.59 Å². The van der Waals surface area contributed by atoms with Gasteiger partial charge in [-0.2, -0.15) is 0 Å². The van der Waals surface area contributed by atoms with Crippen molar-refractivity contribution in [1.82, 2.24) is 9.80 Å². The van der Waals surface area contributed by atoms with Gasteiger partial charge in [-0.3, -0.25) is 14.5 Å². The lowest BCUT2D eigenvalue weighted by molar-refractivity contribution is 0.0353. The number of rotatable bonds is 11. The van der Waals surface area contributed by atoms with E-state index in [0.717, 1.165) is 57.7 Å². The van der Waals surface area contributed by atoms with Crippen molar-refractivity contribution in [3.63, 3.8) is 0 Å². The number of unbranched alkanes of at least 4 members (excludes halogenated alkanes) is 1. The lowest BCUT2D eigenvalue weighted by atomic mass is 9.98. The van der Waals surface area contributed by atoms with Crippen LogP contribution in [0.3, 0.4) is 0 Å². The summed E-state index contributed by atoms with van der Waals surface area (Å²) in [6.07, 6.45) is 2.76. The molecule has 0 aliphatic carbocycles. The van der Waals surface area contributed by atoms with E-state index in [1.807, 2.05) is 31.2 Å². The van der Waals surface area contributed by atoms with Gasteiger partial charge in [0, 0.05) is 26.2 Å². The average molecular weight is 521 g/mol. The van der Waals surface area contributed by atoms with Gasteiger partial charge in [-0.25, -0.2) is 0 Å². The molecule has 3 heterocycles. The zero-order valence-corrected chi connectivity index (χ0v) is 22.2. The van der Waals surface area contributed by atoms with Crippen molar-refractivity contribution < 1.29 is 23.4 Å². The van der Waals surface area contributed by atoms with E-state index >= 15 is 0 Å². The molecule has 3 aromatic rings. The lowest BCUT2D eigenvalue weighted by Gasteiger charge is -2.29. The summed E-state index contributed by atoms with van der Waals surface area (Å²) in [5.41, 5.74) is 1.45. The Kier molecular flexibility index (Phi) is 8.29. The third-order valence-electron chi connectivity index (χ3n) is 7.19. The Morgan fingerprint density at radius 2 is 1.76 bits per heavy atom. The van der Waals surface area contributed by atoms with Crippen molar-refractivity contribution in [2.45, 2.75) is 39.2 Å². The molecular weight excluding hydrogens is 484 g/mol. The second kappa shape index (κ2) is 12.0.